The topological polar surface area (TPSA) is 24.9 Å². The van der Waals surface area contributed by atoms with Crippen molar-refractivity contribution < 1.29 is 0 Å². The number of nitrogens with zero attached hydrogens (tertiary/aromatic N) is 1. The number of benzene rings is 2. The zero-order valence-corrected chi connectivity index (χ0v) is 12.8. The summed E-state index contributed by atoms with van der Waals surface area (Å²) in [4.78, 5) is 4.61. The van der Waals surface area contributed by atoms with E-state index in [1.54, 1.807) is 0 Å². The fourth-order valence-electron chi connectivity index (χ4n) is 3.10. The van der Waals surface area contributed by atoms with Crippen LogP contribution in [0.3, 0.4) is 0 Å². The van der Waals surface area contributed by atoms with Gasteiger partial charge in [0, 0.05) is 22.4 Å². The molecule has 22 heavy (non-hydrogen) atoms. The molecule has 0 saturated heterocycles. The molecule has 0 spiro atoms. The van der Waals surface area contributed by atoms with Crippen LogP contribution in [-0.4, -0.2) is 10.5 Å². The first-order valence-electron chi connectivity index (χ1n) is 7.58. The van der Waals surface area contributed by atoms with Crippen molar-refractivity contribution in [1.29, 1.82) is 0 Å². The monoisotopic (exact) mass is 286 g/mol. The maximum absolute atomic E-state index is 4.61. The summed E-state index contributed by atoms with van der Waals surface area (Å²) in [7, 11) is 0. The molecule has 0 bridgehead atoms. The lowest BCUT2D eigenvalue weighted by molar-refractivity contribution is 0.589. The quantitative estimate of drug-likeness (QED) is 0.743. The fraction of sp³-hybridized carbons (Fsp3) is 0.150. The summed E-state index contributed by atoms with van der Waals surface area (Å²) in [5.74, 6) is 0. The van der Waals surface area contributed by atoms with Crippen molar-refractivity contribution in [1.82, 2.24) is 10.3 Å². The lowest BCUT2D eigenvalue weighted by Crippen LogP contribution is -2.48. The van der Waals surface area contributed by atoms with E-state index < -0.39 is 0 Å². The van der Waals surface area contributed by atoms with Crippen molar-refractivity contribution in [2.75, 3.05) is 0 Å². The van der Waals surface area contributed by atoms with Gasteiger partial charge in [-0.3, -0.25) is 4.98 Å². The van der Waals surface area contributed by atoms with Crippen LogP contribution in [0.1, 0.15) is 19.4 Å². The molecule has 0 unspecified atom stereocenters. The van der Waals surface area contributed by atoms with E-state index >= 15 is 0 Å². The molecule has 2 nitrogen and oxygen atoms in total. The molecule has 3 aromatic rings. The van der Waals surface area contributed by atoms with Gasteiger partial charge in [0.2, 0.25) is 0 Å². The molecule has 1 aliphatic rings. The third-order valence-electron chi connectivity index (χ3n) is 4.07. The SMILES string of the molecule is CC1(C)C=c2ccccc2=C(c2cnc3ccccc3c2)N1. The average Bonchev–Trinajstić information content (AvgIpc) is 2.53. The maximum atomic E-state index is 4.61. The second kappa shape index (κ2) is 4.70. The first kappa shape index (κ1) is 13.1. The molecule has 0 radical (unpaired) electrons. The van der Waals surface area contributed by atoms with Crippen LogP contribution in [0.15, 0.2) is 60.8 Å². The van der Waals surface area contributed by atoms with E-state index in [1.165, 1.54) is 15.8 Å². The van der Waals surface area contributed by atoms with E-state index in [1.807, 2.05) is 18.3 Å². The van der Waals surface area contributed by atoms with Crippen LogP contribution in [0, 0.1) is 0 Å². The predicted molar refractivity (Wildman–Crippen MR) is 91.6 cm³/mol. The molecule has 108 valence electrons. The van der Waals surface area contributed by atoms with Crippen LogP contribution in [-0.2, 0) is 0 Å². The van der Waals surface area contributed by atoms with Gasteiger partial charge < -0.3 is 5.32 Å². The summed E-state index contributed by atoms with van der Waals surface area (Å²) in [6.07, 6.45) is 4.24. The molecule has 4 rings (SSSR count). The first-order chi connectivity index (χ1) is 10.6. The van der Waals surface area contributed by atoms with Crippen molar-refractivity contribution >= 4 is 22.7 Å². The van der Waals surface area contributed by atoms with Gasteiger partial charge in [-0.05, 0) is 31.2 Å². The van der Waals surface area contributed by atoms with E-state index in [0.717, 1.165) is 16.8 Å². The van der Waals surface area contributed by atoms with E-state index in [0.29, 0.717) is 0 Å². The Bertz CT molecular complexity index is 984. The molecule has 0 saturated carbocycles. The van der Waals surface area contributed by atoms with Crippen LogP contribution in [0.5, 0.6) is 0 Å². The molecular formula is C20H18N2. The molecule has 0 aliphatic carbocycles. The number of fused-ring (bicyclic) bond motifs is 2. The maximum Gasteiger partial charge on any atom is 0.0702 e. The Morgan fingerprint density at radius 1 is 0.955 bits per heavy atom. The van der Waals surface area contributed by atoms with Crippen LogP contribution >= 0.6 is 0 Å². The van der Waals surface area contributed by atoms with E-state index in [-0.39, 0.29) is 5.54 Å². The number of hydrogen-bond acceptors (Lipinski definition) is 2. The molecule has 0 atom stereocenters. The third kappa shape index (κ3) is 2.17. The second-order valence-electron chi connectivity index (χ2n) is 6.37. The largest absolute Gasteiger partial charge is 0.376 e. The average molecular weight is 286 g/mol. The Balaban J connectivity index is 2.02. The highest BCUT2D eigenvalue weighted by molar-refractivity contribution is 5.82. The van der Waals surface area contributed by atoms with Crippen LogP contribution in [0.25, 0.3) is 22.7 Å². The number of rotatable bonds is 1. The van der Waals surface area contributed by atoms with Gasteiger partial charge in [-0.2, -0.15) is 0 Å². The number of para-hydroxylation sites is 1. The number of aromatic nitrogens is 1. The zero-order chi connectivity index (χ0) is 15.2. The van der Waals surface area contributed by atoms with Crippen molar-refractivity contribution in [3.8, 4) is 0 Å². The highest BCUT2D eigenvalue weighted by atomic mass is 15.0. The Morgan fingerprint density at radius 2 is 1.73 bits per heavy atom. The van der Waals surface area contributed by atoms with Gasteiger partial charge in [-0.1, -0.05) is 48.5 Å². The number of hydrogen-bond donors (Lipinski definition) is 1. The van der Waals surface area contributed by atoms with Gasteiger partial charge >= 0.3 is 0 Å². The number of pyridine rings is 1. The van der Waals surface area contributed by atoms with Crippen molar-refractivity contribution in [3.63, 3.8) is 0 Å². The van der Waals surface area contributed by atoms with Gasteiger partial charge in [0.05, 0.1) is 16.8 Å². The van der Waals surface area contributed by atoms with E-state index in [2.05, 4.69) is 72.7 Å². The summed E-state index contributed by atoms with van der Waals surface area (Å²) in [6, 6.07) is 19.0. The minimum absolute atomic E-state index is 0.0741. The smallest absolute Gasteiger partial charge is 0.0702 e. The third-order valence-corrected chi connectivity index (χ3v) is 4.07. The van der Waals surface area contributed by atoms with Crippen molar-refractivity contribution in [2.24, 2.45) is 0 Å². The molecule has 1 aliphatic heterocycles. The van der Waals surface area contributed by atoms with E-state index in [4.69, 9.17) is 0 Å². The van der Waals surface area contributed by atoms with Crippen molar-refractivity contribution in [3.05, 3.63) is 76.8 Å². The lowest BCUT2D eigenvalue weighted by Gasteiger charge is -2.29. The minimum Gasteiger partial charge on any atom is -0.376 e. The Kier molecular flexibility index (Phi) is 2.80. The summed E-state index contributed by atoms with van der Waals surface area (Å²) in [6.45, 7) is 4.38. The summed E-state index contributed by atoms with van der Waals surface area (Å²) in [5, 5.41) is 7.32. The Morgan fingerprint density at radius 3 is 2.64 bits per heavy atom. The lowest BCUT2D eigenvalue weighted by atomic mass is 9.95. The zero-order valence-electron chi connectivity index (χ0n) is 12.8. The molecular weight excluding hydrogens is 268 g/mol. The molecule has 1 aromatic heterocycles. The predicted octanol–water partition coefficient (Wildman–Crippen LogP) is 2.55. The molecule has 2 aromatic carbocycles. The van der Waals surface area contributed by atoms with Crippen LogP contribution in [0.2, 0.25) is 0 Å². The van der Waals surface area contributed by atoms with Gasteiger partial charge in [-0.25, -0.2) is 0 Å². The minimum atomic E-state index is -0.0741. The molecule has 2 heteroatoms. The molecule has 1 N–H and O–H groups in total. The van der Waals surface area contributed by atoms with Crippen LogP contribution < -0.4 is 15.8 Å². The van der Waals surface area contributed by atoms with Gasteiger partial charge in [0.25, 0.3) is 0 Å². The second-order valence-corrected chi connectivity index (χ2v) is 6.37. The van der Waals surface area contributed by atoms with Crippen molar-refractivity contribution in [2.45, 2.75) is 19.4 Å². The summed E-state index contributed by atoms with van der Waals surface area (Å²) in [5.41, 5.74) is 3.24. The van der Waals surface area contributed by atoms with E-state index in [9.17, 15) is 0 Å². The molecule has 2 heterocycles. The summed E-state index contributed by atoms with van der Waals surface area (Å²) < 4.78 is 0. The summed E-state index contributed by atoms with van der Waals surface area (Å²) >= 11 is 0. The van der Waals surface area contributed by atoms with Gasteiger partial charge in [0.15, 0.2) is 0 Å². The van der Waals surface area contributed by atoms with Gasteiger partial charge in [0.1, 0.15) is 0 Å². The standard InChI is InChI=1S/C20H18N2/c1-20(2)12-15-8-3-5-9-17(15)19(22-20)16-11-14-7-4-6-10-18(14)21-13-16/h3-13,22H,1-2H3. The number of nitrogens with one attached hydrogen (secondary N) is 1. The Labute approximate surface area is 129 Å². The highest BCUT2D eigenvalue weighted by Gasteiger charge is 2.20. The normalized spacial score (nSPS) is 15.8. The Hall–Kier alpha value is -2.61. The molecule has 0 fully saturated rings. The molecule has 0 amide bonds. The highest BCUT2D eigenvalue weighted by Crippen LogP contribution is 2.19. The van der Waals surface area contributed by atoms with Crippen LogP contribution in [0.4, 0.5) is 0 Å². The first-order valence-corrected chi connectivity index (χ1v) is 7.58. The fourth-order valence-corrected chi connectivity index (χ4v) is 3.10. The van der Waals surface area contributed by atoms with Gasteiger partial charge in [-0.15, -0.1) is 0 Å².